The van der Waals surface area contributed by atoms with Crippen molar-refractivity contribution < 1.29 is 9.53 Å². The molecule has 0 aromatic carbocycles. The van der Waals surface area contributed by atoms with Crippen molar-refractivity contribution in [1.82, 2.24) is 20.2 Å². The molecule has 6 heteroatoms. The predicted octanol–water partition coefficient (Wildman–Crippen LogP) is 1.31. The Morgan fingerprint density at radius 3 is 3.29 bits per heavy atom. The number of aromatic nitrogens is 2. The summed E-state index contributed by atoms with van der Waals surface area (Å²) in [6.07, 6.45) is 8.03. The third kappa shape index (κ3) is 3.56. The number of ether oxygens (including phenoxy) is 1. The molecule has 2 unspecified atom stereocenters. The van der Waals surface area contributed by atoms with Crippen LogP contribution >= 0.6 is 0 Å². The number of amides is 2. The first-order chi connectivity index (χ1) is 10.1. The molecule has 116 valence electrons. The fraction of sp³-hybridized carbons (Fsp3) is 0.733. The zero-order chi connectivity index (χ0) is 14.7. The second-order valence-electron chi connectivity index (χ2n) is 6.37. The molecular formula is C15H24N4O2. The second-order valence-corrected chi connectivity index (χ2v) is 6.37. The molecule has 0 saturated carbocycles. The lowest BCUT2D eigenvalue weighted by atomic mass is 9.99. The zero-order valence-corrected chi connectivity index (χ0v) is 12.6. The number of hydrogen-bond acceptors (Lipinski definition) is 3. The van der Waals surface area contributed by atoms with E-state index in [1.54, 1.807) is 0 Å². The molecule has 0 bridgehead atoms. The van der Waals surface area contributed by atoms with Gasteiger partial charge in [0, 0.05) is 45.1 Å². The number of urea groups is 1. The van der Waals surface area contributed by atoms with E-state index in [-0.39, 0.29) is 11.6 Å². The Kier molecular flexibility index (Phi) is 4.14. The fourth-order valence-electron chi connectivity index (χ4n) is 3.15. The Morgan fingerprint density at radius 1 is 1.57 bits per heavy atom. The van der Waals surface area contributed by atoms with Crippen LogP contribution in [0.25, 0.3) is 0 Å². The number of imidazole rings is 1. The van der Waals surface area contributed by atoms with E-state index in [1.165, 1.54) is 0 Å². The van der Waals surface area contributed by atoms with E-state index in [1.807, 2.05) is 12.4 Å². The highest BCUT2D eigenvalue weighted by atomic mass is 16.5. The quantitative estimate of drug-likeness (QED) is 0.879. The second kappa shape index (κ2) is 6.05. The predicted molar refractivity (Wildman–Crippen MR) is 79.0 cm³/mol. The number of aryl methyl sites for hydroxylation is 1. The minimum atomic E-state index is -0.187. The van der Waals surface area contributed by atoms with Crippen LogP contribution in [-0.2, 0) is 17.7 Å². The van der Waals surface area contributed by atoms with Crippen molar-refractivity contribution in [2.45, 2.75) is 44.8 Å². The van der Waals surface area contributed by atoms with E-state index < -0.39 is 0 Å². The van der Waals surface area contributed by atoms with Crippen molar-refractivity contribution >= 4 is 6.03 Å². The number of carbonyl (C=O) groups is 1. The molecule has 0 aliphatic carbocycles. The van der Waals surface area contributed by atoms with E-state index in [9.17, 15) is 4.79 Å². The maximum absolute atomic E-state index is 11.9. The van der Waals surface area contributed by atoms with Crippen LogP contribution in [0, 0.1) is 5.92 Å². The third-order valence-corrected chi connectivity index (χ3v) is 4.51. The Balaban J connectivity index is 1.38. The summed E-state index contributed by atoms with van der Waals surface area (Å²) in [6, 6.07) is -0.0943. The average molecular weight is 292 g/mol. The van der Waals surface area contributed by atoms with Crippen LogP contribution in [0.3, 0.4) is 0 Å². The highest BCUT2D eigenvalue weighted by Gasteiger charge is 2.30. The van der Waals surface area contributed by atoms with Gasteiger partial charge >= 0.3 is 6.03 Å². The first-order valence-electron chi connectivity index (χ1n) is 7.80. The molecule has 2 N–H and O–H groups in total. The Bertz CT molecular complexity index is 494. The maximum atomic E-state index is 11.9. The largest absolute Gasteiger partial charge is 0.373 e. The van der Waals surface area contributed by atoms with Gasteiger partial charge in [-0.25, -0.2) is 9.78 Å². The van der Waals surface area contributed by atoms with Crippen molar-refractivity contribution in [1.29, 1.82) is 0 Å². The molecular weight excluding hydrogens is 268 g/mol. The van der Waals surface area contributed by atoms with E-state index in [0.717, 1.165) is 44.7 Å². The van der Waals surface area contributed by atoms with Crippen molar-refractivity contribution in [3.05, 3.63) is 18.2 Å². The number of nitrogens with one attached hydrogen (secondary N) is 2. The topological polar surface area (TPSA) is 68.2 Å². The van der Waals surface area contributed by atoms with Gasteiger partial charge in [-0.3, -0.25) is 0 Å². The molecule has 1 fully saturated rings. The SMILES string of the molecule is CC1(CNC(=O)NCC2CCc3nccn3C2)CCCO1. The van der Waals surface area contributed by atoms with Crippen LogP contribution in [0.15, 0.2) is 12.4 Å². The highest BCUT2D eigenvalue weighted by Crippen LogP contribution is 2.23. The number of carbonyl (C=O) groups excluding carboxylic acids is 1. The lowest BCUT2D eigenvalue weighted by Gasteiger charge is -2.25. The summed E-state index contributed by atoms with van der Waals surface area (Å²) in [7, 11) is 0. The molecule has 1 saturated heterocycles. The summed E-state index contributed by atoms with van der Waals surface area (Å²) in [6.45, 7) is 5.09. The summed E-state index contributed by atoms with van der Waals surface area (Å²) in [5, 5.41) is 5.90. The fourth-order valence-corrected chi connectivity index (χ4v) is 3.15. The van der Waals surface area contributed by atoms with E-state index in [4.69, 9.17) is 4.74 Å². The molecule has 0 spiro atoms. The Hall–Kier alpha value is -1.56. The molecule has 6 nitrogen and oxygen atoms in total. The summed E-state index contributed by atoms with van der Waals surface area (Å²) in [5.74, 6) is 1.64. The molecule has 3 rings (SSSR count). The average Bonchev–Trinajstić information content (AvgIpc) is 3.11. The van der Waals surface area contributed by atoms with Gasteiger partial charge in [-0.1, -0.05) is 0 Å². The number of nitrogens with zero attached hydrogens (tertiary/aromatic N) is 2. The van der Waals surface area contributed by atoms with E-state index in [2.05, 4.69) is 27.1 Å². The van der Waals surface area contributed by atoms with E-state index >= 15 is 0 Å². The van der Waals surface area contributed by atoms with Crippen molar-refractivity contribution in [3.8, 4) is 0 Å². The number of hydrogen-bond donors (Lipinski definition) is 2. The van der Waals surface area contributed by atoms with Gasteiger partial charge in [0.15, 0.2) is 0 Å². The number of rotatable bonds is 4. The monoisotopic (exact) mass is 292 g/mol. The van der Waals surface area contributed by atoms with Crippen molar-refractivity contribution in [3.63, 3.8) is 0 Å². The van der Waals surface area contributed by atoms with Gasteiger partial charge in [0.05, 0.1) is 5.60 Å². The normalized spacial score (nSPS) is 28.1. The van der Waals surface area contributed by atoms with Gasteiger partial charge in [-0.2, -0.15) is 0 Å². The van der Waals surface area contributed by atoms with Crippen molar-refractivity contribution in [2.75, 3.05) is 19.7 Å². The van der Waals surface area contributed by atoms with Gasteiger partial charge in [-0.15, -0.1) is 0 Å². The summed E-state index contributed by atoms with van der Waals surface area (Å²) < 4.78 is 7.84. The van der Waals surface area contributed by atoms with Crippen LogP contribution in [0.5, 0.6) is 0 Å². The number of fused-ring (bicyclic) bond motifs is 1. The van der Waals surface area contributed by atoms with Crippen LogP contribution in [0.1, 0.15) is 32.0 Å². The standard InChI is InChI=1S/C15H24N4O2/c1-15(5-2-8-21-15)11-18-14(20)17-9-12-3-4-13-16-6-7-19(13)10-12/h6-7,12H,2-5,8-11H2,1H3,(H2,17,18,20). The van der Waals surface area contributed by atoms with Gasteiger partial charge in [-0.05, 0) is 32.1 Å². The summed E-state index contributed by atoms with van der Waals surface area (Å²) in [5.41, 5.74) is -0.187. The van der Waals surface area contributed by atoms with Gasteiger partial charge in [0.2, 0.25) is 0 Å². The van der Waals surface area contributed by atoms with E-state index in [0.29, 0.717) is 19.0 Å². The van der Waals surface area contributed by atoms with Gasteiger partial charge < -0.3 is 19.9 Å². The highest BCUT2D eigenvalue weighted by molar-refractivity contribution is 5.73. The van der Waals surface area contributed by atoms with Crippen LogP contribution in [0.2, 0.25) is 0 Å². The molecule has 1 aromatic rings. The third-order valence-electron chi connectivity index (χ3n) is 4.51. The minimum absolute atomic E-state index is 0.0943. The van der Waals surface area contributed by atoms with Gasteiger partial charge in [0.25, 0.3) is 0 Å². The first kappa shape index (κ1) is 14.4. The Morgan fingerprint density at radius 2 is 2.48 bits per heavy atom. The summed E-state index contributed by atoms with van der Waals surface area (Å²) >= 11 is 0. The molecule has 0 radical (unpaired) electrons. The minimum Gasteiger partial charge on any atom is -0.373 e. The van der Waals surface area contributed by atoms with Crippen LogP contribution in [0.4, 0.5) is 4.79 Å². The first-order valence-corrected chi connectivity index (χ1v) is 7.80. The lowest BCUT2D eigenvalue weighted by molar-refractivity contribution is 0.0229. The molecule has 2 atom stereocenters. The van der Waals surface area contributed by atoms with Gasteiger partial charge in [0.1, 0.15) is 5.82 Å². The molecule has 2 amide bonds. The smallest absolute Gasteiger partial charge is 0.314 e. The molecule has 21 heavy (non-hydrogen) atoms. The van der Waals surface area contributed by atoms with Crippen LogP contribution < -0.4 is 10.6 Å². The lowest BCUT2D eigenvalue weighted by Crippen LogP contribution is -2.46. The summed E-state index contributed by atoms with van der Waals surface area (Å²) in [4.78, 5) is 16.2. The molecule has 2 aliphatic heterocycles. The van der Waals surface area contributed by atoms with Crippen LogP contribution in [-0.4, -0.2) is 40.9 Å². The zero-order valence-electron chi connectivity index (χ0n) is 12.6. The maximum Gasteiger partial charge on any atom is 0.314 e. The molecule has 2 aliphatic rings. The molecule has 3 heterocycles. The van der Waals surface area contributed by atoms with Crippen molar-refractivity contribution in [2.24, 2.45) is 5.92 Å². The Labute approximate surface area is 125 Å². The molecule has 1 aromatic heterocycles.